The Morgan fingerprint density at radius 3 is 2.53 bits per heavy atom. The van der Waals surface area contributed by atoms with Crippen LogP contribution in [0.2, 0.25) is 0 Å². The Bertz CT molecular complexity index is 1250. The second-order valence-corrected chi connectivity index (χ2v) is 8.05. The molecule has 1 atom stereocenters. The van der Waals surface area contributed by atoms with Crippen LogP contribution in [0.15, 0.2) is 72.8 Å². The molecule has 0 spiro atoms. The van der Waals surface area contributed by atoms with Crippen LogP contribution in [0.3, 0.4) is 0 Å². The minimum Gasteiger partial charge on any atom is -0.497 e. The number of anilines is 2. The number of amides is 4. The Hall–Kier alpha value is -4.20. The number of nitrogens with one attached hydrogen (secondary N) is 1. The predicted molar refractivity (Wildman–Crippen MR) is 126 cm³/mol. The largest absolute Gasteiger partial charge is 0.497 e. The van der Waals surface area contributed by atoms with E-state index in [0.29, 0.717) is 11.4 Å². The van der Waals surface area contributed by atoms with Crippen LogP contribution in [0.25, 0.3) is 0 Å². The molecule has 1 N–H and O–H groups in total. The minimum atomic E-state index is -1.02. The third kappa shape index (κ3) is 4.91. The number of ether oxygens (including phenoxy) is 1. The summed E-state index contributed by atoms with van der Waals surface area (Å²) in [5, 5.41) is 2.60. The van der Waals surface area contributed by atoms with Crippen molar-refractivity contribution in [3.05, 3.63) is 89.7 Å². The summed E-state index contributed by atoms with van der Waals surface area (Å²) >= 11 is 0. The molecule has 1 saturated heterocycles. The molecular formula is C26H24FN3O4. The lowest BCUT2D eigenvalue weighted by Gasteiger charge is -2.22. The van der Waals surface area contributed by atoms with Crippen LogP contribution in [0, 0.1) is 12.7 Å². The second kappa shape index (κ2) is 9.74. The molecule has 7 nitrogen and oxygen atoms in total. The lowest BCUT2D eigenvalue weighted by atomic mass is 10.1. The number of benzene rings is 3. The van der Waals surface area contributed by atoms with Gasteiger partial charge < -0.3 is 15.0 Å². The van der Waals surface area contributed by atoms with Gasteiger partial charge in [-0.25, -0.2) is 14.1 Å². The van der Waals surface area contributed by atoms with E-state index in [0.717, 1.165) is 16.0 Å². The second-order valence-electron chi connectivity index (χ2n) is 8.05. The molecule has 0 unspecified atom stereocenters. The Morgan fingerprint density at radius 2 is 1.79 bits per heavy atom. The van der Waals surface area contributed by atoms with Crippen LogP contribution in [-0.2, 0) is 16.1 Å². The molecule has 4 amide bonds. The van der Waals surface area contributed by atoms with Crippen molar-refractivity contribution in [3.63, 3.8) is 0 Å². The number of aryl methyl sites for hydroxylation is 1. The highest BCUT2D eigenvalue weighted by molar-refractivity contribution is 6.22. The van der Waals surface area contributed by atoms with Gasteiger partial charge in [0.2, 0.25) is 5.91 Å². The maximum absolute atomic E-state index is 13.5. The van der Waals surface area contributed by atoms with Crippen molar-refractivity contribution in [3.8, 4) is 5.75 Å². The zero-order valence-corrected chi connectivity index (χ0v) is 18.8. The summed E-state index contributed by atoms with van der Waals surface area (Å²) < 4.78 is 18.8. The van der Waals surface area contributed by atoms with Crippen molar-refractivity contribution in [2.24, 2.45) is 0 Å². The van der Waals surface area contributed by atoms with Gasteiger partial charge in [0.15, 0.2) is 0 Å². The van der Waals surface area contributed by atoms with Gasteiger partial charge in [-0.3, -0.25) is 9.59 Å². The molecule has 1 aliphatic heterocycles. The maximum atomic E-state index is 13.5. The van der Waals surface area contributed by atoms with Gasteiger partial charge in [0.25, 0.3) is 5.91 Å². The Kier molecular flexibility index (Phi) is 6.58. The Labute approximate surface area is 196 Å². The quantitative estimate of drug-likeness (QED) is 0.525. The van der Waals surface area contributed by atoms with E-state index < -0.39 is 29.7 Å². The topological polar surface area (TPSA) is 79.0 Å². The van der Waals surface area contributed by atoms with Crippen molar-refractivity contribution in [2.45, 2.75) is 25.9 Å². The minimum absolute atomic E-state index is 0.113. The zero-order chi connectivity index (χ0) is 24.2. The summed E-state index contributed by atoms with van der Waals surface area (Å²) in [4.78, 5) is 42.0. The van der Waals surface area contributed by atoms with Crippen LogP contribution in [0.1, 0.15) is 17.5 Å². The summed E-state index contributed by atoms with van der Waals surface area (Å²) in [5.74, 6) is -0.868. The van der Waals surface area contributed by atoms with Crippen LogP contribution >= 0.6 is 0 Å². The lowest BCUT2D eigenvalue weighted by molar-refractivity contribution is -0.124. The first kappa shape index (κ1) is 23.0. The Morgan fingerprint density at radius 1 is 1.03 bits per heavy atom. The molecule has 0 aliphatic carbocycles. The van der Waals surface area contributed by atoms with Gasteiger partial charge in [0.05, 0.1) is 19.2 Å². The summed E-state index contributed by atoms with van der Waals surface area (Å²) in [5.41, 5.74) is 2.36. The zero-order valence-electron chi connectivity index (χ0n) is 18.8. The molecule has 1 aliphatic rings. The van der Waals surface area contributed by atoms with E-state index in [9.17, 15) is 18.8 Å². The smallest absolute Gasteiger partial charge is 0.332 e. The molecule has 4 rings (SSSR count). The van der Waals surface area contributed by atoms with E-state index in [-0.39, 0.29) is 18.7 Å². The van der Waals surface area contributed by atoms with Crippen LogP contribution < -0.4 is 15.0 Å². The van der Waals surface area contributed by atoms with Gasteiger partial charge in [0.1, 0.15) is 17.6 Å². The molecule has 3 aromatic rings. The fraction of sp³-hybridized carbons (Fsp3) is 0.192. The first-order valence-corrected chi connectivity index (χ1v) is 10.8. The molecule has 174 valence electrons. The maximum Gasteiger partial charge on any atom is 0.332 e. The van der Waals surface area contributed by atoms with E-state index in [2.05, 4.69) is 5.32 Å². The van der Waals surface area contributed by atoms with E-state index in [1.54, 1.807) is 49.6 Å². The number of hydrogen-bond acceptors (Lipinski definition) is 4. The molecule has 0 saturated carbocycles. The average Bonchev–Trinajstić information content (AvgIpc) is 3.03. The monoisotopic (exact) mass is 461 g/mol. The summed E-state index contributed by atoms with van der Waals surface area (Å²) in [6.45, 7) is 1.98. The molecule has 3 aromatic carbocycles. The van der Waals surface area contributed by atoms with Crippen LogP contribution in [0.4, 0.5) is 20.6 Å². The van der Waals surface area contributed by atoms with Gasteiger partial charge in [-0.15, -0.1) is 0 Å². The lowest BCUT2D eigenvalue weighted by Crippen LogP contribution is -2.37. The highest BCUT2D eigenvalue weighted by Crippen LogP contribution is 2.29. The summed E-state index contributed by atoms with van der Waals surface area (Å²) in [6, 6.07) is 18.2. The Balaban J connectivity index is 1.62. The molecule has 0 aromatic heterocycles. The first-order chi connectivity index (χ1) is 16.4. The highest BCUT2D eigenvalue weighted by Gasteiger charge is 2.46. The van der Waals surface area contributed by atoms with Gasteiger partial charge in [0, 0.05) is 12.2 Å². The standard InChI is InChI=1S/C26H24FN3O4/c1-17-6-3-10-21(12-17)30-25(32)23(15-24(31)28-20-9-5-8-19(27)14-20)29(26(30)33)16-18-7-4-11-22(13-18)34-2/h3-14,23H,15-16H2,1-2H3,(H,28,31)/t23-/m1/s1. The van der Waals surface area contributed by atoms with E-state index >= 15 is 0 Å². The number of carbonyl (C=O) groups is 3. The number of hydrogen-bond donors (Lipinski definition) is 1. The van der Waals surface area contributed by atoms with Crippen molar-refractivity contribution in [1.82, 2.24) is 4.90 Å². The van der Waals surface area contributed by atoms with Crippen molar-refractivity contribution in [2.75, 3.05) is 17.3 Å². The molecule has 0 radical (unpaired) electrons. The molecule has 0 bridgehead atoms. The van der Waals surface area contributed by atoms with Crippen molar-refractivity contribution >= 4 is 29.2 Å². The average molecular weight is 461 g/mol. The fourth-order valence-corrected chi connectivity index (χ4v) is 3.94. The third-order valence-electron chi connectivity index (χ3n) is 5.55. The number of imide groups is 1. The fourth-order valence-electron chi connectivity index (χ4n) is 3.94. The number of carbonyl (C=O) groups excluding carboxylic acids is 3. The van der Waals surface area contributed by atoms with Crippen molar-refractivity contribution < 1.29 is 23.5 Å². The third-order valence-corrected chi connectivity index (χ3v) is 5.55. The normalized spacial score (nSPS) is 15.6. The summed E-state index contributed by atoms with van der Waals surface area (Å²) in [7, 11) is 1.54. The van der Waals surface area contributed by atoms with E-state index in [1.165, 1.54) is 23.1 Å². The van der Waals surface area contributed by atoms with Gasteiger partial charge in [-0.2, -0.15) is 0 Å². The van der Waals surface area contributed by atoms with Gasteiger partial charge in [-0.05, 0) is 60.5 Å². The number of halogens is 1. The number of methoxy groups -OCH3 is 1. The molecular weight excluding hydrogens is 437 g/mol. The van der Waals surface area contributed by atoms with Crippen LogP contribution in [-0.4, -0.2) is 35.9 Å². The number of rotatable bonds is 7. The molecule has 1 fully saturated rings. The van der Waals surface area contributed by atoms with E-state index in [4.69, 9.17) is 4.74 Å². The summed E-state index contributed by atoms with van der Waals surface area (Å²) in [6.07, 6.45) is -0.270. The van der Waals surface area contributed by atoms with E-state index in [1.807, 2.05) is 19.1 Å². The number of nitrogens with zero attached hydrogens (tertiary/aromatic N) is 2. The molecule has 34 heavy (non-hydrogen) atoms. The van der Waals surface area contributed by atoms with Gasteiger partial charge in [-0.1, -0.05) is 30.3 Å². The van der Waals surface area contributed by atoms with Crippen molar-refractivity contribution in [1.29, 1.82) is 0 Å². The first-order valence-electron chi connectivity index (χ1n) is 10.8. The highest BCUT2D eigenvalue weighted by atomic mass is 19.1. The number of urea groups is 1. The van der Waals surface area contributed by atoms with Crippen LogP contribution in [0.5, 0.6) is 5.75 Å². The molecule has 8 heteroatoms. The SMILES string of the molecule is COc1cccc(CN2C(=O)N(c3cccc(C)c3)C(=O)[C@H]2CC(=O)Nc2cccc(F)c2)c1. The predicted octanol–water partition coefficient (Wildman–Crippen LogP) is 4.51. The molecule has 1 heterocycles. The van der Waals surface area contributed by atoms with Gasteiger partial charge >= 0.3 is 6.03 Å².